The largest absolute Gasteiger partial charge is 0.372 e. The van der Waals surface area contributed by atoms with Crippen LogP contribution in [0.15, 0.2) is 36.5 Å². The van der Waals surface area contributed by atoms with E-state index in [4.69, 9.17) is 27.9 Å². The first-order valence-corrected chi connectivity index (χ1v) is 8.80. The van der Waals surface area contributed by atoms with Gasteiger partial charge in [-0.25, -0.2) is 4.98 Å². The average Bonchev–Trinajstić information content (AvgIpc) is 2.53. The molecule has 1 fully saturated rings. The molecule has 1 aliphatic rings. The quantitative estimate of drug-likeness (QED) is 0.865. The molecule has 2 aromatic rings. The second kappa shape index (κ2) is 7.60. The maximum atomic E-state index is 12.4. The lowest BCUT2D eigenvalue weighted by molar-refractivity contribution is -0.00546. The van der Waals surface area contributed by atoms with Crippen molar-refractivity contribution in [2.75, 3.05) is 23.3 Å². The molecular formula is C18H19Cl2N3O2. The normalized spacial score (nSPS) is 20.4. The Morgan fingerprint density at radius 2 is 1.80 bits per heavy atom. The van der Waals surface area contributed by atoms with Crippen LogP contribution < -0.4 is 10.2 Å². The number of anilines is 2. The molecule has 5 nitrogen and oxygen atoms in total. The van der Waals surface area contributed by atoms with Crippen molar-refractivity contribution in [3.8, 4) is 0 Å². The van der Waals surface area contributed by atoms with Gasteiger partial charge >= 0.3 is 0 Å². The zero-order chi connectivity index (χ0) is 18.0. The fourth-order valence-electron chi connectivity index (χ4n) is 2.90. The van der Waals surface area contributed by atoms with Crippen molar-refractivity contribution in [2.45, 2.75) is 26.1 Å². The molecule has 2 atom stereocenters. The van der Waals surface area contributed by atoms with E-state index in [9.17, 15) is 4.79 Å². The van der Waals surface area contributed by atoms with Crippen LogP contribution in [0.25, 0.3) is 0 Å². The van der Waals surface area contributed by atoms with Gasteiger partial charge in [0.25, 0.3) is 5.91 Å². The number of morpholine rings is 1. The summed E-state index contributed by atoms with van der Waals surface area (Å²) in [6.45, 7) is 5.65. The third-order valence-electron chi connectivity index (χ3n) is 3.87. The lowest BCUT2D eigenvalue weighted by atomic mass is 10.2. The number of hydrogen-bond donors (Lipinski definition) is 1. The predicted octanol–water partition coefficient (Wildman–Crippen LogP) is 4.25. The minimum atomic E-state index is -0.263. The molecule has 25 heavy (non-hydrogen) atoms. The van der Waals surface area contributed by atoms with Crippen LogP contribution in [-0.2, 0) is 4.74 Å². The van der Waals surface area contributed by atoms with Gasteiger partial charge in [0.1, 0.15) is 5.82 Å². The second-order valence-corrected chi connectivity index (χ2v) is 7.05. The molecule has 1 N–H and O–H groups in total. The molecule has 7 heteroatoms. The molecule has 3 rings (SSSR count). The lowest BCUT2D eigenvalue weighted by Crippen LogP contribution is -2.45. The smallest absolute Gasteiger partial charge is 0.257 e. The van der Waals surface area contributed by atoms with Gasteiger partial charge in [0.05, 0.1) is 17.8 Å². The Bertz CT molecular complexity index is 737. The number of pyridine rings is 1. The van der Waals surface area contributed by atoms with Crippen molar-refractivity contribution in [1.29, 1.82) is 0 Å². The number of nitrogens with one attached hydrogen (secondary N) is 1. The summed E-state index contributed by atoms with van der Waals surface area (Å²) in [5.74, 6) is 0.574. The number of carbonyl (C=O) groups excluding carboxylic acids is 1. The number of hydrogen-bond acceptors (Lipinski definition) is 4. The molecule has 0 saturated carbocycles. The van der Waals surface area contributed by atoms with E-state index in [2.05, 4.69) is 15.2 Å². The van der Waals surface area contributed by atoms with Crippen LogP contribution in [-0.4, -0.2) is 36.2 Å². The zero-order valence-electron chi connectivity index (χ0n) is 14.0. The maximum absolute atomic E-state index is 12.4. The molecule has 0 aliphatic carbocycles. The van der Waals surface area contributed by atoms with Crippen molar-refractivity contribution >= 4 is 40.6 Å². The molecular weight excluding hydrogens is 361 g/mol. The molecule has 1 aromatic heterocycles. The number of rotatable bonds is 3. The van der Waals surface area contributed by atoms with E-state index < -0.39 is 0 Å². The molecule has 1 amide bonds. The Balaban J connectivity index is 1.70. The third kappa shape index (κ3) is 4.63. The van der Waals surface area contributed by atoms with Crippen molar-refractivity contribution in [3.63, 3.8) is 0 Å². The number of aromatic nitrogens is 1. The number of nitrogens with zero attached hydrogens (tertiary/aromatic N) is 2. The summed E-state index contributed by atoms with van der Waals surface area (Å²) in [6, 6.07) is 8.51. The van der Waals surface area contributed by atoms with Gasteiger partial charge < -0.3 is 15.0 Å². The SMILES string of the molecule is C[C@@H]1CN(c2ccc(C(=O)Nc3cc(Cl)cc(Cl)c3)cn2)C[C@H](C)O1. The summed E-state index contributed by atoms with van der Waals surface area (Å²) in [5.41, 5.74) is 1.01. The molecule has 1 aliphatic heterocycles. The number of benzene rings is 1. The number of amides is 1. The van der Waals surface area contributed by atoms with Gasteiger partial charge in [-0.3, -0.25) is 4.79 Å². The summed E-state index contributed by atoms with van der Waals surface area (Å²) in [6.07, 6.45) is 1.88. The van der Waals surface area contributed by atoms with Crippen LogP contribution in [0.1, 0.15) is 24.2 Å². The van der Waals surface area contributed by atoms with E-state index in [0.29, 0.717) is 21.3 Å². The number of halogens is 2. The van der Waals surface area contributed by atoms with Crippen molar-refractivity contribution in [2.24, 2.45) is 0 Å². The molecule has 0 radical (unpaired) electrons. The van der Waals surface area contributed by atoms with Gasteiger partial charge in [-0.1, -0.05) is 23.2 Å². The van der Waals surface area contributed by atoms with Gasteiger partial charge in [-0.05, 0) is 44.2 Å². The van der Waals surface area contributed by atoms with E-state index in [-0.39, 0.29) is 18.1 Å². The summed E-state index contributed by atoms with van der Waals surface area (Å²) in [4.78, 5) is 18.9. The van der Waals surface area contributed by atoms with Crippen LogP contribution in [0.3, 0.4) is 0 Å². The zero-order valence-corrected chi connectivity index (χ0v) is 15.5. The summed E-state index contributed by atoms with van der Waals surface area (Å²) in [7, 11) is 0. The van der Waals surface area contributed by atoms with E-state index in [1.165, 1.54) is 0 Å². The van der Waals surface area contributed by atoms with Gasteiger partial charge in [0.2, 0.25) is 0 Å². The van der Waals surface area contributed by atoms with Crippen LogP contribution in [0.2, 0.25) is 10.0 Å². The Morgan fingerprint density at radius 1 is 1.16 bits per heavy atom. The number of carbonyl (C=O) groups is 1. The Hall–Kier alpha value is -1.82. The number of ether oxygens (including phenoxy) is 1. The minimum Gasteiger partial charge on any atom is -0.372 e. The lowest BCUT2D eigenvalue weighted by Gasteiger charge is -2.36. The Morgan fingerprint density at radius 3 is 2.36 bits per heavy atom. The highest BCUT2D eigenvalue weighted by Gasteiger charge is 2.23. The topological polar surface area (TPSA) is 54.5 Å². The van der Waals surface area contributed by atoms with E-state index >= 15 is 0 Å². The second-order valence-electron chi connectivity index (χ2n) is 6.18. The molecule has 0 spiro atoms. The predicted molar refractivity (Wildman–Crippen MR) is 101 cm³/mol. The van der Waals surface area contributed by atoms with E-state index in [1.54, 1.807) is 30.5 Å². The van der Waals surface area contributed by atoms with Crippen molar-refractivity contribution in [3.05, 3.63) is 52.1 Å². The van der Waals surface area contributed by atoms with E-state index in [1.807, 2.05) is 19.9 Å². The van der Waals surface area contributed by atoms with Crippen molar-refractivity contribution < 1.29 is 9.53 Å². The molecule has 0 bridgehead atoms. The van der Waals surface area contributed by atoms with Crippen LogP contribution in [0.5, 0.6) is 0 Å². The maximum Gasteiger partial charge on any atom is 0.257 e. The molecule has 1 aromatic carbocycles. The van der Waals surface area contributed by atoms with Crippen LogP contribution in [0.4, 0.5) is 11.5 Å². The van der Waals surface area contributed by atoms with Gasteiger partial charge in [0, 0.05) is 35.0 Å². The van der Waals surface area contributed by atoms with Gasteiger partial charge in [-0.2, -0.15) is 0 Å². The first-order chi connectivity index (χ1) is 11.9. The fraction of sp³-hybridized carbons (Fsp3) is 0.333. The fourth-order valence-corrected chi connectivity index (χ4v) is 3.43. The average molecular weight is 380 g/mol. The molecule has 1 saturated heterocycles. The summed E-state index contributed by atoms with van der Waals surface area (Å²) in [5, 5.41) is 3.70. The highest BCUT2D eigenvalue weighted by molar-refractivity contribution is 6.35. The third-order valence-corrected chi connectivity index (χ3v) is 4.31. The standard InChI is InChI=1S/C18H19Cl2N3O2/c1-11-9-23(10-12(2)25-11)17-4-3-13(8-21-17)18(24)22-16-6-14(19)5-15(20)7-16/h3-8,11-12H,9-10H2,1-2H3,(H,22,24)/t11-,12+. The molecule has 132 valence electrons. The highest BCUT2D eigenvalue weighted by atomic mass is 35.5. The minimum absolute atomic E-state index is 0.154. The van der Waals surface area contributed by atoms with Crippen LogP contribution in [0, 0.1) is 0 Å². The Kier molecular flexibility index (Phi) is 5.47. The van der Waals surface area contributed by atoms with Crippen LogP contribution >= 0.6 is 23.2 Å². The summed E-state index contributed by atoms with van der Waals surface area (Å²) < 4.78 is 5.73. The molecule has 0 unspecified atom stereocenters. The van der Waals surface area contributed by atoms with Gasteiger partial charge in [-0.15, -0.1) is 0 Å². The first-order valence-electron chi connectivity index (χ1n) is 8.04. The Labute approximate surface area is 156 Å². The monoisotopic (exact) mass is 379 g/mol. The summed E-state index contributed by atoms with van der Waals surface area (Å²) >= 11 is 11.9. The highest BCUT2D eigenvalue weighted by Crippen LogP contribution is 2.23. The van der Waals surface area contributed by atoms with Gasteiger partial charge in [0.15, 0.2) is 0 Å². The molecule has 2 heterocycles. The first kappa shape index (κ1) is 18.0. The van der Waals surface area contributed by atoms with E-state index in [0.717, 1.165) is 18.9 Å². The van der Waals surface area contributed by atoms with Crippen molar-refractivity contribution in [1.82, 2.24) is 4.98 Å².